The first-order valence-electron chi connectivity index (χ1n) is 6.38. The molecule has 7 heteroatoms. The van der Waals surface area contributed by atoms with E-state index in [0.717, 1.165) is 10.0 Å². The molecular formula is C15H12BrClN2O3. The molecule has 0 fully saturated rings. The van der Waals surface area contributed by atoms with E-state index in [2.05, 4.69) is 21.2 Å². The van der Waals surface area contributed by atoms with Crippen LogP contribution in [0.5, 0.6) is 0 Å². The van der Waals surface area contributed by atoms with Crippen LogP contribution in [0.4, 0.5) is 5.69 Å². The van der Waals surface area contributed by atoms with E-state index < -0.39 is 10.8 Å². The van der Waals surface area contributed by atoms with Crippen LogP contribution in [0.2, 0.25) is 5.02 Å². The number of nitrogens with one attached hydrogen (secondary N) is 1. The van der Waals surface area contributed by atoms with Crippen molar-refractivity contribution in [2.75, 3.05) is 0 Å². The van der Waals surface area contributed by atoms with Gasteiger partial charge in [-0.3, -0.25) is 14.9 Å². The fraction of sp³-hybridized carbons (Fsp3) is 0.133. The number of benzene rings is 2. The van der Waals surface area contributed by atoms with Gasteiger partial charge >= 0.3 is 0 Å². The van der Waals surface area contributed by atoms with Crippen molar-refractivity contribution in [3.8, 4) is 0 Å². The summed E-state index contributed by atoms with van der Waals surface area (Å²) in [4.78, 5) is 22.4. The Hall–Kier alpha value is -1.92. The highest BCUT2D eigenvalue weighted by atomic mass is 79.9. The molecule has 1 N–H and O–H groups in total. The van der Waals surface area contributed by atoms with Crippen molar-refractivity contribution >= 4 is 39.1 Å². The van der Waals surface area contributed by atoms with Crippen LogP contribution in [0.15, 0.2) is 46.9 Å². The zero-order valence-corrected chi connectivity index (χ0v) is 13.9. The molecule has 2 aromatic rings. The summed E-state index contributed by atoms with van der Waals surface area (Å²) in [5, 5.41) is 13.7. The molecule has 0 heterocycles. The van der Waals surface area contributed by atoms with E-state index in [4.69, 9.17) is 11.6 Å². The first-order valence-corrected chi connectivity index (χ1v) is 7.56. The van der Waals surface area contributed by atoms with E-state index in [-0.39, 0.29) is 22.3 Å². The Morgan fingerprint density at radius 3 is 2.50 bits per heavy atom. The number of rotatable bonds is 4. The second kappa shape index (κ2) is 6.89. The normalized spacial score (nSPS) is 11.8. The monoisotopic (exact) mass is 382 g/mol. The van der Waals surface area contributed by atoms with Crippen LogP contribution >= 0.6 is 27.5 Å². The Morgan fingerprint density at radius 1 is 1.27 bits per heavy atom. The number of nitro groups is 1. The average molecular weight is 384 g/mol. The Bertz CT molecular complexity index is 719. The summed E-state index contributed by atoms with van der Waals surface area (Å²) in [5.41, 5.74) is 0.839. The smallest absolute Gasteiger partial charge is 0.288 e. The fourth-order valence-electron chi connectivity index (χ4n) is 1.91. The summed E-state index contributed by atoms with van der Waals surface area (Å²) in [6.07, 6.45) is 0. The lowest BCUT2D eigenvalue weighted by molar-refractivity contribution is -0.384. The van der Waals surface area contributed by atoms with Crippen molar-refractivity contribution in [3.05, 3.63) is 73.2 Å². The zero-order valence-electron chi connectivity index (χ0n) is 11.5. The van der Waals surface area contributed by atoms with Gasteiger partial charge < -0.3 is 5.32 Å². The second-order valence-electron chi connectivity index (χ2n) is 4.67. The minimum Gasteiger partial charge on any atom is -0.346 e. The van der Waals surface area contributed by atoms with Crippen LogP contribution in [0.3, 0.4) is 0 Å². The number of carbonyl (C=O) groups is 1. The minimum absolute atomic E-state index is 0.00232. The Kier molecular flexibility index (Phi) is 5.15. The van der Waals surface area contributed by atoms with Crippen LogP contribution < -0.4 is 5.32 Å². The molecule has 0 bridgehead atoms. The topological polar surface area (TPSA) is 72.2 Å². The summed E-state index contributed by atoms with van der Waals surface area (Å²) >= 11 is 9.08. The fourth-order valence-corrected chi connectivity index (χ4v) is 2.36. The predicted molar refractivity (Wildman–Crippen MR) is 88.1 cm³/mol. The van der Waals surface area contributed by atoms with E-state index >= 15 is 0 Å². The molecule has 0 unspecified atom stereocenters. The molecule has 0 aliphatic heterocycles. The van der Waals surface area contributed by atoms with Crippen LogP contribution in [0, 0.1) is 10.1 Å². The molecule has 0 aliphatic rings. The zero-order chi connectivity index (χ0) is 16.3. The highest BCUT2D eigenvalue weighted by Crippen LogP contribution is 2.25. The van der Waals surface area contributed by atoms with Crippen LogP contribution in [-0.4, -0.2) is 10.8 Å². The number of hydrogen-bond donors (Lipinski definition) is 1. The molecule has 0 saturated carbocycles. The minimum atomic E-state index is -0.614. The SMILES string of the molecule is C[C@H](NC(=O)c1ccc(Cl)c([N+](=O)[O-])c1)c1ccc(Br)cc1. The molecule has 0 radical (unpaired) electrons. The van der Waals surface area contributed by atoms with Gasteiger partial charge in [0.1, 0.15) is 5.02 Å². The average Bonchev–Trinajstić information content (AvgIpc) is 2.47. The van der Waals surface area contributed by atoms with Crippen LogP contribution in [0.1, 0.15) is 28.9 Å². The van der Waals surface area contributed by atoms with Crippen molar-refractivity contribution in [1.29, 1.82) is 0 Å². The van der Waals surface area contributed by atoms with Gasteiger partial charge in [-0.25, -0.2) is 0 Å². The van der Waals surface area contributed by atoms with Crippen molar-refractivity contribution < 1.29 is 9.72 Å². The van der Waals surface area contributed by atoms with Gasteiger partial charge in [-0.1, -0.05) is 39.7 Å². The lowest BCUT2D eigenvalue weighted by atomic mass is 10.1. The third-order valence-electron chi connectivity index (χ3n) is 3.12. The first kappa shape index (κ1) is 16.5. The molecular weight excluding hydrogens is 372 g/mol. The van der Waals surface area contributed by atoms with Gasteiger partial charge in [-0.2, -0.15) is 0 Å². The molecule has 1 amide bonds. The maximum absolute atomic E-state index is 12.2. The summed E-state index contributed by atoms with van der Waals surface area (Å²) < 4.78 is 0.947. The molecule has 2 rings (SSSR count). The number of hydrogen-bond acceptors (Lipinski definition) is 3. The van der Waals surface area contributed by atoms with E-state index in [0.29, 0.717) is 0 Å². The van der Waals surface area contributed by atoms with E-state index in [1.807, 2.05) is 31.2 Å². The highest BCUT2D eigenvalue weighted by Gasteiger charge is 2.17. The lowest BCUT2D eigenvalue weighted by Crippen LogP contribution is -2.26. The van der Waals surface area contributed by atoms with Gasteiger partial charge in [-0.05, 0) is 36.8 Å². The lowest BCUT2D eigenvalue weighted by Gasteiger charge is -2.14. The number of nitrogens with zero attached hydrogens (tertiary/aromatic N) is 1. The van der Waals surface area contributed by atoms with Gasteiger partial charge in [-0.15, -0.1) is 0 Å². The highest BCUT2D eigenvalue weighted by molar-refractivity contribution is 9.10. The molecule has 0 saturated heterocycles. The van der Waals surface area contributed by atoms with E-state index in [9.17, 15) is 14.9 Å². The molecule has 114 valence electrons. The molecule has 2 aromatic carbocycles. The van der Waals surface area contributed by atoms with Gasteiger partial charge in [0.15, 0.2) is 0 Å². The number of nitro benzene ring substituents is 1. The van der Waals surface area contributed by atoms with Crippen molar-refractivity contribution in [2.24, 2.45) is 0 Å². The standard InChI is InChI=1S/C15H12BrClN2O3/c1-9(10-2-5-12(16)6-3-10)18-15(20)11-4-7-13(17)14(8-11)19(21)22/h2-9H,1H3,(H,18,20)/t9-/m0/s1. The third kappa shape index (κ3) is 3.84. The first-order chi connectivity index (χ1) is 10.4. The molecule has 0 aromatic heterocycles. The van der Waals surface area contributed by atoms with Crippen LogP contribution in [0.25, 0.3) is 0 Å². The summed E-state index contributed by atoms with van der Waals surface area (Å²) in [6.45, 7) is 1.84. The Morgan fingerprint density at radius 2 is 1.91 bits per heavy atom. The summed E-state index contributed by atoms with van der Waals surface area (Å²) in [6, 6.07) is 11.3. The van der Waals surface area contributed by atoms with Gasteiger partial charge in [0.05, 0.1) is 11.0 Å². The quantitative estimate of drug-likeness (QED) is 0.624. The molecule has 0 spiro atoms. The third-order valence-corrected chi connectivity index (χ3v) is 3.97. The Labute approximate surface area is 140 Å². The van der Waals surface area contributed by atoms with E-state index in [1.54, 1.807) is 0 Å². The number of halogens is 2. The van der Waals surface area contributed by atoms with Crippen LogP contribution in [-0.2, 0) is 0 Å². The summed E-state index contributed by atoms with van der Waals surface area (Å²) in [5.74, 6) is -0.393. The molecule has 5 nitrogen and oxygen atoms in total. The molecule has 1 atom stereocenters. The number of carbonyl (C=O) groups excluding carboxylic acids is 1. The van der Waals surface area contributed by atoms with Crippen molar-refractivity contribution in [2.45, 2.75) is 13.0 Å². The molecule has 22 heavy (non-hydrogen) atoms. The number of amides is 1. The van der Waals surface area contributed by atoms with Gasteiger partial charge in [0, 0.05) is 16.1 Å². The van der Waals surface area contributed by atoms with Gasteiger partial charge in [0.25, 0.3) is 11.6 Å². The maximum Gasteiger partial charge on any atom is 0.288 e. The summed E-state index contributed by atoms with van der Waals surface area (Å²) in [7, 11) is 0. The largest absolute Gasteiger partial charge is 0.346 e. The van der Waals surface area contributed by atoms with Gasteiger partial charge in [0.2, 0.25) is 0 Å². The van der Waals surface area contributed by atoms with E-state index in [1.165, 1.54) is 18.2 Å². The predicted octanol–water partition coefficient (Wildman–Crippen LogP) is 4.50. The molecule has 0 aliphatic carbocycles. The maximum atomic E-state index is 12.2. The second-order valence-corrected chi connectivity index (χ2v) is 5.99. The van der Waals surface area contributed by atoms with Crippen molar-refractivity contribution in [1.82, 2.24) is 5.32 Å². The Balaban J connectivity index is 2.16. The van der Waals surface area contributed by atoms with Crippen molar-refractivity contribution in [3.63, 3.8) is 0 Å².